The van der Waals surface area contributed by atoms with E-state index in [2.05, 4.69) is 17.9 Å². The van der Waals surface area contributed by atoms with E-state index in [4.69, 9.17) is 0 Å². The van der Waals surface area contributed by atoms with Crippen molar-refractivity contribution < 1.29 is 13.9 Å². The third kappa shape index (κ3) is 5.33. The van der Waals surface area contributed by atoms with Crippen molar-refractivity contribution in [2.24, 2.45) is 0 Å². The highest BCUT2D eigenvalue weighted by atomic mass is 19.1. The Morgan fingerprint density at radius 2 is 2.18 bits per heavy atom. The maximum atomic E-state index is 12.4. The lowest BCUT2D eigenvalue weighted by molar-refractivity contribution is -0.156. The highest BCUT2D eigenvalue weighted by Crippen LogP contribution is 2.02. The van der Waals surface area contributed by atoms with Crippen molar-refractivity contribution in [3.8, 4) is 0 Å². The number of esters is 1. The van der Waals surface area contributed by atoms with Gasteiger partial charge in [-0.3, -0.25) is 4.79 Å². The average molecular weight is 158 g/mol. The summed E-state index contributed by atoms with van der Waals surface area (Å²) >= 11 is 0. The van der Waals surface area contributed by atoms with Gasteiger partial charge in [0.25, 0.3) is 0 Å². The first kappa shape index (κ1) is 9.88. The Morgan fingerprint density at radius 1 is 1.55 bits per heavy atom. The van der Waals surface area contributed by atoms with Crippen LogP contribution in [-0.2, 0) is 9.53 Å². The van der Waals surface area contributed by atoms with Gasteiger partial charge in [-0.15, -0.1) is 13.2 Å². The largest absolute Gasteiger partial charge is 0.431 e. The average Bonchev–Trinajstić information content (AvgIpc) is 1.87. The van der Waals surface area contributed by atoms with Crippen LogP contribution in [-0.4, -0.2) is 12.3 Å². The van der Waals surface area contributed by atoms with Crippen LogP contribution in [0.5, 0.6) is 0 Å². The van der Waals surface area contributed by atoms with Gasteiger partial charge in [0.15, 0.2) is 0 Å². The Labute approximate surface area is 65.4 Å². The number of ether oxygens (including phenoxy) is 1. The van der Waals surface area contributed by atoms with E-state index in [0.717, 1.165) is 0 Å². The summed E-state index contributed by atoms with van der Waals surface area (Å²) in [6.45, 7) is 6.61. The number of carbonyl (C=O) groups is 1. The molecule has 0 aromatic rings. The summed E-state index contributed by atoms with van der Waals surface area (Å²) in [5.41, 5.74) is 0. The summed E-state index contributed by atoms with van der Waals surface area (Å²) in [5.74, 6) is -0.602. The maximum Gasteiger partial charge on any atom is 0.312 e. The second kappa shape index (κ2) is 5.65. The molecule has 3 heteroatoms. The molecule has 0 saturated carbocycles. The van der Waals surface area contributed by atoms with E-state index in [1.807, 2.05) is 0 Å². The third-order valence-corrected chi connectivity index (χ3v) is 0.922. The van der Waals surface area contributed by atoms with Crippen molar-refractivity contribution >= 4 is 5.97 Å². The number of hydrogen-bond acceptors (Lipinski definition) is 2. The molecule has 11 heavy (non-hydrogen) atoms. The minimum atomic E-state index is -1.57. The second-order valence-electron chi connectivity index (χ2n) is 1.92. The van der Waals surface area contributed by atoms with Gasteiger partial charge in [0.2, 0.25) is 6.36 Å². The Morgan fingerprint density at radius 3 is 2.64 bits per heavy atom. The van der Waals surface area contributed by atoms with Gasteiger partial charge in [-0.2, -0.15) is 0 Å². The molecule has 0 aromatic heterocycles. The first-order valence-corrected chi connectivity index (χ1v) is 3.26. The molecular formula is C8H11FO2. The number of halogens is 1. The fraction of sp³-hybridized carbons (Fsp3) is 0.375. The molecular weight excluding hydrogens is 147 g/mol. The molecule has 0 spiro atoms. The van der Waals surface area contributed by atoms with Crippen molar-refractivity contribution in [1.82, 2.24) is 0 Å². The first-order chi connectivity index (χ1) is 5.20. The monoisotopic (exact) mass is 158 g/mol. The van der Waals surface area contributed by atoms with Crippen LogP contribution in [0.25, 0.3) is 0 Å². The zero-order valence-corrected chi connectivity index (χ0v) is 6.25. The molecule has 0 bridgehead atoms. The lowest BCUT2D eigenvalue weighted by Crippen LogP contribution is -2.11. The highest BCUT2D eigenvalue weighted by Gasteiger charge is 2.08. The predicted molar refractivity (Wildman–Crippen MR) is 40.6 cm³/mol. The zero-order chi connectivity index (χ0) is 8.69. The van der Waals surface area contributed by atoms with Crippen LogP contribution in [0.4, 0.5) is 4.39 Å². The molecule has 0 N–H and O–H groups in total. The normalized spacial score (nSPS) is 11.7. The number of carbonyl (C=O) groups excluding carboxylic acids is 1. The fourth-order valence-electron chi connectivity index (χ4n) is 0.488. The van der Waals surface area contributed by atoms with Crippen molar-refractivity contribution in [1.29, 1.82) is 0 Å². The Kier molecular flexibility index (Phi) is 5.07. The Bertz CT molecular complexity index is 154. The van der Waals surface area contributed by atoms with Crippen molar-refractivity contribution in [3.05, 3.63) is 25.3 Å². The van der Waals surface area contributed by atoms with Gasteiger partial charge >= 0.3 is 5.97 Å². The van der Waals surface area contributed by atoms with Crippen LogP contribution < -0.4 is 0 Å². The molecule has 0 aromatic carbocycles. The molecule has 1 unspecified atom stereocenters. The highest BCUT2D eigenvalue weighted by molar-refractivity contribution is 5.71. The van der Waals surface area contributed by atoms with E-state index < -0.39 is 12.3 Å². The molecule has 1 atom stereocenters. The summed E-state index contributed by atoms with van der Waals surface area (Å²) < 4.78 is 16.7. The standard InChI is InChI=1S/C8H11FO2/c1-3-5-7(9)11-8(10)6-4-2/h3-4,7H,1-2,5-6H2. The van der Waals surface area contributed by atoms with Gasteiger partial charge in [-0.25, -0.2) is 4.39 Å². The van der Waals surface area contributed by atoms with Crippen molar-refractivity contribution in [3.63, 3.8) is 0 Å². The van der Waals surface area contributed by atoms with E-state index in [0.29, 0.717) is 0 Å². The van der Waals surface area contributed by atoms with Crippen molar-refractivity contribution in [2.75, 3.05) is 0 Å². The smallest absolute Gasteiger partial charge is 0.312 e. The second-order valence-corrected chi connectivity index (χ2v) is 1.92. The van der Waals surface area contributed by atoms with Crippen molar-refractivity contribution in [2.45, 2.75) is 19.2 Å². The zero-order valence-electron chi connectivity index (χ0n) is 6.25. The third-order valence-electron chi connectivity index (χ3n) is 0.922. The topological polar surface area (TPSA) is 26.3 Å². The number of hydrogen-bond donors (Lipinski definition) is 0. The van der Waals surface area contributed by atoms with Crippen LogP contribution >= 0.6 is 0 Å². The summed E-state index contributed by atoms with van der Waals surface area (Å²) in [6.07, 6.45) is 1.22. The number of rotatable bonds is 5. The van der Waals surface area contributed by atoms with E-state index in [-0.39, 0.29) is 12.8 Å². The lowest BCUT2D eigenvalue weighted by atomic mass is 10.4. The molecule has 0 radical (unpaired) electrons. The minimum Gasteiger partial charge on any atom is -0.431 e. The SMILES string of the molecule is C=CCC(=O)OC(F)CC=C. The van der Waals surface area contributed by atoms with Gasteiger partial charge in [-0.1, -0.05) is 12.2 Å². The first-order valence-electron chi connectivity index (χ1n) is 3.26. The van der Waals surface area contributed by atoms with Gasteiger partial charge in [-0.05, 0) is 0 Å². The lowest BCUT2D eigenvalue weighted by Gasteiger charge is -2.05. The minimum absolute atomic E-state index is 0.0306. The predicted octanol–water partition coefficient (Wildman–Crippen LogP) is 1.98. The number of alkyl halides is 1. The van der Waals surface area contributed by atoms with Crippen LogP contribution in [0.1, 0.15) is 12.8 Å². The molecule has 0 aliphatic carbocycles. The molecule has 2 nitrogen and oxygen atoms in total. The van der Waals surface area contributed by atoms with E-state index in [1.54, 1.807) is 0 Å². The van der Waals surface area contributed by atoms with E-state index in [1.165, 1.54) is 12.2 Å². The van der Waals surface area contributed by atoms with Gasteiger partial charge in [0.1, 0.15) is 0 Å². The summed E-state index contributed by atoms with van der Waals surface area (Å²) in [4.78, 5) is 10.6. The van der Waals surface area contributed by atoms with Gasteiger partial charge in [0, 0.05) is 6.42 Å². The van der Waals surface area contributed by atoms with Crippen LogP contribution in [0.15, 0.2) is 25.3 Å². The van der Waals surface area contributed by atoms with Crippen LogP contribution in [0.3, 0.4) is 0 Å². The van der Waals surface area contributed by atoms with E-state index in [9.17, 15) is 9.18 Å². The summed E-state index contributed by atoms with van der Waals surface area (Å²) in [6, 6.07) is 0. The maximum absolute atomic E-state index is 12.4. The summed E-state index contributed by atoms with van der Waals surface area (Å²) in [5, 5.41) is 0. The molecule has 0 heterocycles. The quantitative estimate of drug-likeness (QED) is 0.451. The Balaban J connectivity index is 3.55. The molecule has 0 saturated heterocycles. The van der Waals surface area contributed by atoms with Gasteiger partial charge < -0.3 is 4.74 Å². The molecule has 0 aliphatic heterocycles. The van der Waals surface area contributed by atoms with E-state index >= 15 is 0 Å². The molecule has 62 valence electrons. The van der Waals surface area contributed by atoms with Crippen LogP contribution in [0, 0.1) is 0 Å². The molecule has 0 amide bonds. The summed E-state index contributed by atoms with van der Waals surface area (Å²) in [7, 11) is 0. The fourth-order valence-corrected chi connectivity index (χ4v) is 0.488. The van der Waals surface area contributed by atoms with Gasteiger partial charge in [0.05, 0.1) is 6.42 Å². The molecule has 0 rings (SSSR count). The molecule has 0 aliphatic rings. The van der Waals surface area contributed by atoms with Crippen LogP contribution in [0.2, 0.25) is 0 Å². The molecule has 0 fully saturated rings. The Hall–Kier alpha value is -1.12.